The molecule has 1 saturated heterocycles. The maximum atomic E-state index is 9.93. The third-order valence-electron chi connectivity index (χ3n) is 3.77. The molecular weight excluding hydrogens is 288 g/mol. The number of benzene rings is 1. The monoisotopic (exact) mass is 312 g/mol. The third-order valence-corrected chi connectivity index (χ3v) is 4.01. The predicted octanol–water partition coefficient (Wildman–Crippen LogP) is 2.01. The van der Waals surface area contributed by atoms with Gasteiger partial charge in [0.25, 0.3) is 0 Å². The van der Waals surface area contributed by atoms with Crippen LogP contribution in [-0.2, 0) is 0 Å². The summed E-state index contributed by atoms with van der Waals surface area (Å²) in [7, 11) is 2.17. The van der Waals surface area contributed by atoms with Crippen LogP contribution in [0.15, 0.2) is 24.3 Å². The van der Waals surface area contributed by atoms with Crippen LogP contribution in [0.4, 0.5) is 0 Å². The Balaban J connectivity index is 1.60. The molecule has 2 atom stereocenters. The zero-order valence-corrected chi connectivity index (χ0v) is 13.4. The number of hydrogen-bond acceptors (Lipinski definition) is 4. The van der Waals surface area contributed by atoms with Gasteiger partial charge in [0, 0.05) is 18.1 Å². The molecule has 0 amide bonds. The van der Waals surface area contributed by atoms with Gasteiger partial charge in [-0.3, -0.25) is 0 Å². The quantitative estimate of drug-likeness (QED) is 0.808. The number of halogens is 1. The molecule has 0 aromatic heterocycles. The Hall–Kier alpha value is -0.810. The van der Waals surface area contributed by atoms with Crippen LogP contribution in [0.25, 0.3) is 0 Å². The summed E-state index contributed by atoms with van der Waals surface area (Å²) in [6.07, 6.45) is 2.03. The standard InChI is InChI=1S/C16H25ClN2O2/c1-19-7-3-4-13(11-19)9-18-10-15(20)12-21-16-6-2-5-14(17)8-16/h2,5-6,8,13,15,18,20H,3-4,7,9-12H2,1H3. The Morgan fingerprint density at radius 3 is 3.14 bits per heavy atom. The molecule has 2 rings (SSSR count). The van der Waals surface area contributed by atoms with Crippen LogP contribution in [-0.4, -0.2) is 55.9 Å². The number of nitrogens with one attached hydrogen (secondary N) is 1. The summed E-state index contributed by atoms with van der Waals surface area (Å²) in [5.41, 5.74) is 0. The van der Waals surface area contributed by atoms with Crippen molar-refractivity contribution in [2.24, 2.45) is 5.92 Å². The average Bonchev–Trinajstić information content (AvgIpc) is 2.45. The second-order valence-corrected chi connectivity index (χ2v) is 6.29. The lowest BCUT2D eigenvalue weighted by molar-refractivity contribution is 0.103. The van der Waals surface area contributed by atoms with Crippen molar-refractivity contribution in [2.75, 3.05) is 39.8 Å². The Kier molecular flexibility index (Phi) is 6.77. The van der Waals surface area contributed by atoms with Crippen molar-refractivity contribution in [1.29, 1.82) is 0 Å². The summed E-state index contributed by atoms with van der Waals surface area (Å²) in [5.74, 6) is 1.38. The molecule has 4 nitrogen and oxygen atoms in total. The predicted molar refractivity (Wildman–Crippen MR) is 86.0 cm³/mol. The lowest BCUT2D eigenvalue weighted by atomic mass is 9.98. The first-order valence-electron chi connectivity index (χ1n) is 7.59. The number of likely N-dealkylation sites (tertiary alicyclic amines) is 1. The van der Waals surface area contributed by atoms with Gasteiger partial charge in [0.05, 0.1) is 0 Å². The Morgan fingerprint density at radius 2 is 2.38 bits per heavy atom. The number of piperidine rings is 1. The normalized spacial score (nSPS) is 21.2. The van der Waals surface area contributed by atoms with Gasteiger partial charge in [-0.1, -0.05) is 17.7 Å². The van der Waals surface area contributed by atoms with E-state index >= 15 is 0 Å². The van der Waals surface area contributed by atoms with Crippen molar-refractivity contribution in [1.82, 2.24) is 10.2 Å². The molecule has 0 aliphatic carbocycles. The van der Waals surface area contributed by atoms with E-state index in [1.165, 1.54) is 19.4 Å². The van der Waals surface area contributed by atoms with Crippen molar-refractivity contribution in [3.8, 4) is 5.75 Å². The van der Waals surface area contributed by atoms with Gasteiger partial charge in [-0.15, -0.1) is 0 Å². The van der Waals surface area contributed by atoms with Crippen molar-refractivity contribution >= 4 is 11.6 Å². The van der Waals surface area contributed by atoms with Crippen LogP contribution >= 0.6 is 11.6 Å². The molecule has 21 heavy (non-hydrogen) atoms. The second-order valence-electron chi connectivity index (χ2n) is 5.85. The summed E-state index contributed by atoms with van der Waals surface area (Å²) < 4.78 is 5.53. The maximum Gasteiger partial charge on any atom is 0.120 e. The molecule has 1 aliphatic heterocycles. The number of hydrogen-bond donors (Lipinski definition) is 2. The first-order chi connectivity index (χ1) is 10.1. The third kappa shape index (κ3) is 6.22. The van der Waals surface area contributed by atoms with Crippen molar-refractivity contribution in [3.05, 3.63) is 29.3 Å². The van der Waals surface area contributed by atoms with Gasteiger partial charge < -0.3 is 20.1 Å². The molecule has 2 unspecified atom stereocenters. The van der Waals surface area contributed by atoms with Gasteiger partial charge in [-0.2, -0.15) is 0 Å². The molecule has 1 aromatic carbocycles. The average molecular weight is 313 g/mol. The second kappa shape index (κ2) is 8.59. The zero-order chi connectivity index (χ0) is 15.1. The van der Waals surface area contributed by atoms with E-state index in [1.807, 2.05) is 12.1 Å². The number of nitrogens with zero attached hydrogens (tertiary/aromatic N) is 1. The minimum absolute atomic E-state index is 0.276. The van der Waals surface area contributed by atoms with Gasteiger partial charge in [-0.05, 0) is 57.1 Å². The van der Waals surface area contributed by atoms with E-state index in [4.69, 9.17) is 16.3 Å². The van der Waals surface area contributed by atoms with Gasteiger partial charge >= 0.3 is 0 Å². The summed E-state index contributed by atoms with van der Waals surface area (Å²) >= 11 is 5.88. The molecule has 0 bridgehead atoms. The van der Waals surface area contributed by atoms with Crippen molar-refractivity contribution in [2.45, 2.75) is 18.9 Å². The minimum Gasteiger partial charge on any atom is -0.491 e. The number of ether oxygens (including phenoxy) is 1. The van der Waals surface area contributed by atoms with E-state index in [0.29, 0.717) is 23.2 Å². The summed E-state index contributed by atoms with van der Waals surface area (Å²) in [6.45, 7) is 4.13. The van der Waals surface area contributed by atoms with Crippen LogP contribution in [0.2, 0.25) is 5.02 Å². The fraction of sp³-hybridized carbons (Fsp3) is 0.625. The van der Waals surface area contributed by atoms with Crippen LogP contribution in [0, 0.1) is 5.92 Å². The maximum absolute atomic E-state index is 9.93. The summed E-state index contributed by atoms with van der Waals surface area (Å²) in [6, 6.07) is 7.22. The molecule has 0 spiro atoms. The number of rotatable bonds is 7. The molecular formula is C16H25ClN2O2. The van der Waals surface area contributed by atoms with Gasteiger partial charge in [0.2, 0.25) is 0 Å². The Labute approximate surface area is 132 Å². The highest BCUT2D eigenvalue weighted by Crippen LogP contribution is 2.17. The highest BCUT2D eigenvalue weighted by molar-refractivity contribution is 6.30. The lowest BCUT2D eigenvalue weighted by Gasteiger charge is -2.30. The highest BCUT2D eigenvalue weighted by Gasteiger charge is 2.17. The molecule has 0 radical (unpaired) electrons. The lowest BCUT2D eigenvalue weighted by Crippen LogP contribution is -2.40. The van der Waals surface area contributed by atoms with Gasteiger partial charge in [0.1, 0.15) is 18.5 Å². The van der Waals surface area contributed by atoms with E-state index in [1.54, 1.807) is 12.1 Å². The first-order valence-corrected chi connectivity index (χ1v) is 7.97. The fourth-order valence-corrected chi connectivity index (χ4v) is 2.88. The topological polar surface area (TPSA) is 44.7 Å². The molecule has 1 aromatic rings. The molecule has 0 saturated carbocycles. The van der Waals surface area contributed by atoms with Crippen LogP contribution in [0.3, 0.4) is 0 Å². The van der Waals surface area contributed by atoms with Crippen LogP contribution in [0.1, 0.15) is 12.8 Å². The Bertz CT molecular complexity index is 430. The molecule has 2 N–H and O–H groups in total. The number of aliphatic hydroxyl groups excluding tert-OH is 1. The summed E-state index contributed by atoms with van der Waals surface area (Å²) in [4.78, 5) is 2.37. The van der Waals surface area contributed by atoms with Gasteiger partial charge in [-0.25, -0.2) is 0 Å². The van der Waals surface area contributed by atoms with E-state index in [9.17, 15) is 5.11 Å². The minimum atomic E-state index is -0.509. The molecule has 5 heteroatoms. The molecule has 1 fully saturated rings. The van der Waals surface area contributed by atoms with Crippen molar-refractivity contribution < 1.29 is 9.84 Å². The first kappa shape index (κ1) is 16.6. The van der Waals surface area contributed by atoms with Crippen molar-refractivity contribution in [3.63, 3.8) is 0 Å². The van der Waals surface area contributed by atoms with E-state index in [-0.39, 0.29) is 6.61 Å². The Morgan fingerprint density at radius 1 is 1.52 bits per heavy atom. The molecule has 1 heterocycles. The van der Waals surface area contributed by atoms with Gasteiger partial charge in [0.15, 0.2) is 0 Å². The highest BCUT2D eigenvalue weighted by atomic mass is 35.5. The molecule has 118 valence electrons. The fourth-order valence-electron chi connectivity index (χ4n) is 2.70. The molecule has 1 aliphatic rings. The zero-order valence-electron chi connectivity index (χ0n) is 12.6. The SMILES string of the molecule is CN1CCCC(CNCC(O)COc2cccc(Cl)c2)C1. The van der Waals surface area contributed by atoms with Crippen LogP contribution < -0.4 is 10.1 Å². The van der Waals surface area contributed by atoms with E-state index in [2.05, 4.69) is 17.3 Å². The largest absolute Gasteiger partial charge is 0.491 e. The van der Waals surface area contributed by atoms with Crippen LogP contribution in [0.5, 0.6) is 5.75 Å². The number of aliphatic hydroxyl groups is 1. The smallest absolute Gasteiger partial charge is 0.120 e. The van der Waals surface area contributed by atoms with E-state index in [0.717, 1.165) is 13.1 Å². The van der Waals surface area contributed by atoms with E-state index < -0.39 is 6.10 Å². The summed E-state index contributed by atoms with van der Waals surface area (Å²) in [5, 5.41) is 13.9.